The lowest BCUT2D eigenvalue weighted by atomic mass is 9.89. The maximum Gasteiger partial charge on any atom is 0.261 e. The molecule has 0 bridgehead atoms. The SMILES string of the molecule is Cc1ccc2c(c1)OC(C)(C)CC2NC(=O)C(C)Oc1cccc2ccccc12. The fourth-order valence-electron chi connectivity index (χ4n) is 3.92. The summed E-state index contributed by atoms with van der Waals surface area (Å²) in [7, 11) is 0. The number of fused-ring (bicyclic) bond motifs is 2. The van der Waals surface area contributed by atoms with Crippen LogP contribution in [0.2, 0.25) is 0 Å². The second kappa shape index (κ2) is 7.43. The molecule has 4 nitrogen and oxygen atoms in total. The summed E-state index contributed by atoms with van der Waals surface area (Å²) in [5.41, 5.74) is 1.80. The van der Waals surface area contributed by atoms with Crippen LogP contribution in [0.15, 0.2) is 60.7 Å². The predicted molar refractivity (Wildman–Crippen MR) is 115 cm³/mol. The van der Waals surface area contributed by atoms with E-state index in [2.05, 4.69) is 11.4 Å². The summed E-state index contributed by atoms with van der Waals surface area (Å²) < 4.78 is 12.2. The molecular weight excluding hydrogens is 362 g/mol. The van der Waals surface area contributed by atoms with Gasteiger partial charge in [-0.05, 0) is 50.8 Å². The van der Waals surface area contributed by atoms with E-state index >= 15 is 0 Å². The molecule has 0 saturated carbocycles. The number of ether oxygens (including phenoxy) is 2. The highest BCUT2D eigenvalue weighted by Crippen LogP contribution is 2.40. The first kappa shape index (κ1) is 19.3. The fraction of sp³-hybridized carbons (Fsp3) is 0.320. The minimum absolute atomic E-state index is 0.111. The van der Waals surface area contributed by atoms with E-state index in [1.165, 1.54) is 0 Å². The Morgan fingerprint density at radius 2 is 1.90 bits per heavy atom. The first-order valence-corrected chi connectivity index (χ1v) is 10.1. The van der Waals surface area contributed by atoms with Crippen LogP contribution in [0.1, 0.15) is 44.4 Å². The van der Waals surface area contributed by atoms with E-state index in [9.17, 15) is 4.79 Å². The van der Waals surface area contributed by atoms with Crippen LogP contribution in [0.5, 0.6) is 11.5 Å². The quantitative estimate of drug-likeness (QED) is 0.656. The zero-order chi connectivity index (χ0) is 20.6. The number of hydrogen-bond acceptors (Lipinski definition) is 3. The van der Waals surface area contributed by atoms with Crippen LogP contribution in [0.3, 0.4) is 0 Å². The van der Waals surface area contributed by atoms with Crippen molar-refractivity contribution in [1.82, 2.24) is 5.32 Å². The van der Waals surface area contributed by atoms with Crippen molar-refractivity contribution >= 4 is 16.7 Å². The molecule has 3 aromatic carbocycles. The van der Waals surface area contributed by atoms with Gasteiger partial charge in [-0.3, -0.25) is 4.79 Å². The first-order valence-electron chi connectivity index (χ1n) is 10.1. The van der Waals surface area contributed by atoms with E-state index in [1.807, 2.05) is 75.4 Å². The van der Waals surface area contributed by atoms with Gasteiger partial charge in [-0.2, -0.15) is 0 Å². The number of aryl methyl sites for hydroxylation is 1. The number of carbonyl (C=O) groups excluding carboxylic acids is 1. The molecule has 2 atom stereocenters. The Hall–Kier alpha value is -3.01. The average molecular weight is 389 g/mol. The zero-order valence-electron chi connectivity index (χ0n) is 17.4. The Morgan fingerprint density at radius 1 is 1.14 bits per heavy atom. The molecule has 1 N–H and O–H groups in total. The van der Waals surface area contributed by atoms with Gasteiger partial charge >= 0.3 is 0 Å². The summed E-state index contributed by atoms with van der Waals surface area (Å²) >= 11 is 0. The molecule has 1 aliphatic heterocycles. The van der Waals surface area contributed by atoms with Gasteiger partial charge in [0, 0.05) is 17.4 Å². The smallest absolute Gasteiger partial charge is 0.261 e. The summed E-state index contributed by atoms with van der Waals surface area (Å²) in [5.74, 6) is 1.43. The Morgan fingerprint density at radius 3 is 2.72 bits per heavy atom. The summed E-state index contributed by atoms with van der Waals surface area (Å²) in [6.45, 7) is 7.93. The second-order valence-corrected chi connectivity index (χ2v) is 8.41. The highest BCUT2D eigenvalue weighted by Gasteiger charge is 2.35. The Bertz CT molecular complexity index is 1050. The highest BCUT2D eigenvalue weighted by molar-refractivity contribution is 5.89. The molecule has 29 heavy (non-hydrogen) atoms. The monoisotopic (exact) mass is 389 g/mol. The van der Waals surface area contributed by atoms with Crippen molar-refractivity contribution in [3.63, 3.8) is 0 Å². The third-order valence-electron chi connectivity index (χ3n) is 5.37. The van der Waals surface area contributed by atoms with E-state index in [-0.39, 0.29) is 17.6 Å². The number of rotatable bonds is 4. The van der Waals surface area contributed by atoms with Crippen LogP contribution in [0, 0.1) is 6.92 Å². The van der Waals surface area contributed by atoms with Gasteiger partial charge in [0.05, 0.1) is 6.04 Å². The van der Waals surface area contributed by atoms with Crippen molar-refractivity contribution in [3.05, 3.63) is 71.8 Å². The largest absolute Gasteiger partial charge is 0.487 e. The minimum atomic E-state index is -0.610. The molecule has 1 amide bonds. The van der Waals surface area contributed by atoms with Gasteiger partial charge in [-0.15, -0.1) is 0 Å². The third kappa shape index (κ3) is 4.07. The number of carbonyl (C=O) groups is 1. The molecule has 0 aliphatic carbocycles. The lowest BCUT2D eigenvalue weighted by Gasteiger charge is -2.38. The Balaban J connectivity index is 1.53. The number of amides is 1. The van der Waals surface area contributed by atoms with E-state index < -0.39 is 6.10 Å². The Kier molecular flexibility index (Phi) is 4.95. The Labute approximate surface area is 171 Å². The lowest BCUT2D eigenvalue weighted by Crippen LogP contribution is -2.44. The minimum Gasteiger partial charge on any atom is -0.487 e. The van der Waals surface area contributed by atoms with E-state index in [0.717, 1.165) is 27.6 Å². The molecule has 0 spiro atoms. The zero-order valence-corrected chi connectivity index (χ0v) is 17.4. The maximum atomic E-state index is 13.0. The van der Waals surface area contributed by atoms with Gasteiger partial charge < -0.3 is 14.8 Å². The van der Waals surface area contributed by atoms with Crippen LogP contribution >= 0.6 is 0 Å². The van der Waals surface area contributed by atoms with Crippen molar-refractivity contribution in [2.45, 2.75) is 51.9 Å². The topological polar surface area (TPSA) is 47.6 Å². The molecule has 0 fully saturated rings. The molecule has 0 radical (unpaired) electrons. The molecule has 150 valence electrons. The van der Waals surface area contributed by atoms with Crippen molar-refractivity contribution in [2.75, 3.05) is 0 Å². The third-order valence-corrected chi connectivity index (χ3v) is 5.37. The van der Waals surface area contributed by atoms with Crippen molar-refractivity contribution < 1.29 is 14.3 Å². The molecule has 1 aliphatic rings. The molecular formula is C25H27NO3. The molecule has 1 heterocycles. The van der Waals surface area contributed by atoms with E-state index in [0.29, 0.717) is 12.2 Å². The predicted octanol–water partition coefficient (Wildman–Crippen LogP) is 5.33. The summed E-state index contributed by atoms with van der Waals surface area (Å²) in [6, 6.07) is 19.9. The van der Waals surface area contributed by atoms with Crippen molar-refractivity contribution in [3.8, 4) is 11.5 Å². The van der Waals surface area contributed by atoms with Gasteiger partial charge in [0.25, 0.3) is 5.91 Å². The van der Waals surface area contributed by atoms with Crippen LogP contribution in [-0.4, -0.2) is 17.6 Å². The number of nitrogens with one attached hydrogen (secondary N) is 1. The molecule has 4 heteroatoms. The van der Waals surface area contributed by atoms with Gasteiger partial charge in [0.15, 0.2) is 6.10 Å². The van der Waals surface area contributed by atoms with Gasteiger partial charge in [0.1, 0.15) is 17.1 Å². The van der Waals surface area contributed by atoms with E-state index in [4.69, 9.17) is 9.47 Å². The molecule has 4 rings (SSSR count). The summed E-state index contributed by atoms with van der Waals surface area (Å²) in [5, 5.41) is 5.27. The number of benzene rings is 3. The van der Waals surface area contributed by atoms with Crippen molar-refractivity contribution in [2.24, 2.45) is 0 Å². The van der Waals surface area contributed by atoms with Gasteiger partial charge in [0.2, 0.25) is 0 Å². The van der Waals surface area contributed by atoms with Gasteiger partial charge in [-0.25, -0.2) is 0 Å². The van der Waals surface area contributed by atoms with Gasteiger partial charge in [-0.1, -0.05) is 48.5 Å². The number of hydrogen-bond donors (Lipinski definition) is 1. The fourth-order valence-corrected chi connectivity index (χ4v) is 3.92. The maximum absolute atomic E-state index is 13.0. The van der Waals surface area contributed by atoms with Crippen LogP contribution in [-0.2, 0) is 4.79 Å². The summed E-state index contributed by atoms with van der Waals surface area (Å²) in [6.07, 6.45) is 0.0937. The second-order valence-electron chi connectivity index (χ2n) is 8.41. The lowest BCUT2D eigenvalue weighted by molar-refractivity contribution is -0.128. The summed E-state index contributed by atoms with van der Waals surface area (Å²) in [4.78, 5) is 13.0. The molecule has 0 aromatic heterocycles. The molecule has 0 saturated heterocycles. The van der Waals surface area contributed by atoms with Crippen LogP contribution in [0.25, 0.3) is 10.8 Å². The highest BCUT2D eigenvalue weighted by atomic mass is 16.5. The molecule has 2 unspecified atom stereocenters. The average Bonchev–Trinajstić information content (AvgIpc) is 2.67. The van der Waals surface area contributed by atoms with Crippen molar-refractivity contribution in [1.29, 1.82) is 0 Å². The van der Waals surface area contributed by atoms with Crippen LogP contribution in [0.4, 0.5) is 0 Å². The van der Waals surface area contributed by atoms with Crippen LogP contribution < -0.4 is 14.8 Å². The first-order chi connectivity index (χ1) is 13.8. The molecule has 3 aromatic rings. The van der Waals surface area contributed by atoms with E-state index in [1.54, 1.807) is 6.92 Å². The normalized spacial score (nSPS) is 18.4. The standard InChI is InChI=1S/C25H27NO3/c1-16-12-13-20-21(15-25(3,4)29-23(20)14-16)26-24(27)17(2)28-22-11-7-9-18-8-5-6-10-19(18)22/h5-14,17,21H,15H2,1-4H3,(H,26,27).